The van der Waals surface area contributed by atoms with Crippen LogP contribution < -0.4 is 4.74 Å². The molecule has 0 radical (unpaired) electrons. The van der Waals surface area contributed by atoms with Gasteiger partial charge in [0.1, 0.15) is 18.2 Å². The number of benzene rings is 3. The number of hydrogen-bond donors (Lipinski definition) is 0. The predicted octanol–water partition coefficient (Wildman–Crippen LogP) is 4.50. The van der Waals surface area contributed by atoms with E-state index in [-0.39, 0.29) is 6.10 Å². The van der Waals surface area contributed by atoms with Crippen LogP contribution in [0.3, 0.4) is 0 Å². The molecule has 0 N–H and O–H groups in total. The van der Waals surface area contributed by atoms with Gasteiger partial charge in [-0.1, -0.05) is 91.0 Å². The van der Waals surface area contributed by atoms with Crippen LogP contribution in [0.5, 0.6) is 5.75 Å². The van der Waals surface area contributed by atoms with Gasteiger partial charge in [-0.2, -0.15) is 5.10 Å². The highest BCUT2D eigenvalue weighted by molar-refractivity contribution is 5.50. The van der Waals surface area contributed by atoms with Crippen LogP contribution in [0.25, 0.3) is 0 Å². The second-order valence-corrected chi connectivity index (χ2v) is 7.20. The second kappa shape index (κ2) is 7.57. The van der Waals surface area contributed by atoms with Gasteiger partial charge in [-0.3, -0.25) is 0 Å². The third kappa shape index (κ3) is 3.32. The zero-order chi connectivity index (χ0) is 19.5. The highest BCUT2D eigenvalue weighted by atomic mass is 16.6. The second-order valence-electron chi connectivity index (χ2n) is 7.20. The van der Waals surface area contributed by atoms with Crippen molar-refractivity contribution in [1.82, 2.24) is 9.78 Å². The van der Waals surface area contributed by atoms with E-state index < -0.39 is 5.54 Å². The summed E-state index contributed by atoms with van der Waals surface area (Å²) in [7, 11) is 0. The predicted molar refractivity (Wildman–Crippen MR) is 112 cm³/mol. The Hall–Kier alpha value is -3.37. The lowest BCUT2D eigenvalue weighted by Crippen LogP contribution is -2.38. The molecule has 29 heavy (non-hydrogen) atoms. The third-order valence-electron chi connectivity index (χ3n) is 5.32. The molecule has 2 heterocycles. The molecule has 5 rings (SSSR count). The van der Waals surface area contributed by atoms with E-state index in [1.807, 2.05) is 29.1 Å². The van der Waals surface area contributed by atoms with Crippen molar-refractivity contribution >= 4 is 0 Å². The fraction of sp³-hybridized carbons (Fsp3) is 0.160. The molecule has 4 nitrogen and oxygen atoms in total. The van der Waals surface area contributed by atoms with E-state index in [2.05, 4.69) is 72.8 Å². The van der Waals surface area contributed by atoms with E-state index in [0.29, 0.717) is 6.61 Å². The standard InChI is InChI=1S/C25H22N2O2/c1-4-10-20(11-5-1)25(21-12-6-2-7-13-21,22-14-8-3-9-15-22)27-17-23(16-26-27)28-18-24-19-29-24/h1-17,24H,18-19H2. The maximum absolute atomic E-state index is 5.91. The van der Waals surface area contributed by atoms with Crippen LogP contribution in [-0.2, 0) is 10.3 Å². The van der Waals surface area contributed by atoms with Crippen LogP contribution in [0.2, 0.25) is 0 Å². The van der Waals surface area contributed by atoms with Crippen LogP contribution in [0, 0.1) is 0 Å². The van der Waals surface area contributed by atoms with Gasteiger partial charge in [-0.05, 0) is 16.7 Å². The van der Waals surface area contributed by atoms with Crippen molar-refractivity contribution in [3.8, 4) is 5.75 Å². The highest BCUT2D eigenvalue weighted by Gasteiger charge is 2.39. The molecule has 1 fully saturated rings. The molecule has 0 bridgehead atoms. The Balaban J connectivity index is 1.72. The first-order valence-electron chi connectivity index (χ1n) is 9.83. The monoisotopic (exact) mass is 382 g/mol. The van der Waals surface area contributed by atoms with Crippen molar-refractivity contribution in [2.24, 2.45) is 0 Å². The van der Waals surface area contributed by atoms with Gasteiger partial charge in [-0.25, -0.2) is 4.68 Å². The Labute approximate surface area is 170 Å². The Morgan fingerprint density at radius 2 is 1.31 bits per heavy atom. The number of epoxide rings is 1. The van der Waals surface area contributed by atoms with Gasteiger partial charge in [0.25, 0.3) is 0 Å². The molecule has 4 aromatic rings. The lowest BCUT2D eigenvalue weighted by molar-refractivity contribution is 0.262. The molecule has 0 amide bonds. The maximum atomic E-state index is 5.91. The third-order valence-corrected chi connectivity index (χ3v) is 5.32. The fourth-order valence-corrected chi connectivity index (χ4v) is 3.85. The summed E-state index contributed by atoms with van der Waals surface area (Å²) in [6.07, 6.45) is 3.97. The summed E-state index contributed by atoms with van der Waals surface area (Å²) in [4.78, 5) is 0. The summed E-state index contributed by atoms with van der Waals surface area (Å²) in [6, 6.07) is 31.5. The Kier molecular flexibility index (Phi) is 4.62. The molecule has 1 aromatic heterocycles. The normalized spacial score (nSPS) is 15.8. The summed E-state index contributed by atoms with van der Waals surface area (Å²) in [6.45, 7) is 1.33. The summed E-state index contributed by atoms with van der Waals surface area (Å²) in [5.41, 5.74) is 2.80. The van der Waals surface area contributed by atoms with E-state index in [0.717, 1.165) is 29.0 Å². The van der Waals surface area contributed by atoms with Gasteiger partial charge < -0.3 is 9.47 Å². The van der Waals surface area contributed by atoms with Crippen molar-refractivity contribution in [3.05, 3.63) is 120 Å². The maximum Gasteiger partial charge on any atom is 0.157 e. The van der Waals surface area contributed by atoms with Gasteiger partial charge in [0.2, 0.25) is 0 Å². The van der Waals surface area contributed by atoms with Gasteiger partial charge >= 0.3 is 0 Å². The van der Waals surface area contributed by atoms with E-state index in [9.17, 15) is 0 Å². The molecule has 1 unspecified atom stereocenters. The minimum atomic E-state index is -0.610. The number of aromatic nitrogens is 2. The SMILES string of the molecule is c1ccc(C(c2ccccc2)(c2ccccc2)n2cc(OCC3CO3)cn2)cc1. The zero-order valence-electron chi connectivity index (χ0n) is 16.0. The molecule has 3 aromatic carbocycles. The Morgan fingerprint density at radius 3 is 1.76 bits per heavy atom. The molecule has 4 heteroatoms. The molecule has 1 atom stereocenters. The minimum absolute atomic E-state index is 0.209. The molecular formula is C25H22N2O2. The van der Waals surface area contributed by atoms with Gasteiger partial charge in [0, 0.05) is 0 Å². The summed E-state index contributed by atoms with van der Waals surface area (Å²) in [5, 5.41) is 4.77. The summed E-state index contributed by atoms with van der Waals surface area (Å²) < 4.78 is 13.2. The molecule has 1 aliphatic rings. The Morgan fingerprint density at radius 1 is 0.828 bits per heavy atom. The topological polar surface area (TPSA) is 39.6 Å². The zero-order valence-corrected chi connectivity index (χ0v) is 16.0. The van der Waals surface area contributed by atoms with Crippen molar-refractivity contribution < 1.29 is 9.47 Å². The van der Waals surface area contributed by atoms with E-state index in [1.54, 1.807) is 6.20 Å². The number of ether oxygens (including phenoxy) is 2. The van der Waals surface area contributed by atoms with Crippen LogP contribution >= 0.6 is 0 Å². The highest BCUT2D eigenvalue weighted by Crippen LogP contribution is 2.40. The van der Waals surface area contributed by atoms with E-state index in [1.165, 1.54) is 0 Å². The molecule has 0 aliphatic carbocycles. The first kappa shape index (κ1) is 17.7. The van der Waals surface area contributed by atoms with E-state index in [4.69, 9.17) is 14.6 Å². The number of nitrogens with zero attached hydrogens (tertiary/aromatic N) is 2. The lowest BCUT2D eigenvalue weighted by atomic mass is 9.77. The van der Waals surface area contributed by atoms with Gasteiger partial charge in [-0.15, -0.1) is 0 Å². The fourth-order valence-electron chi connectivity index (χ4n) is 3.85. The van der Waals surface area contributed by atoms with Crippen LogP contribution in [0.15, 0.2) is 103 Å². The quantitative estimate of drug-likeness (QED) is 0.349. The number of rotatable bonds is 7. The molecule has 0 spiro atoms. The average molecular weight is 382 g/mol. The van der Waals surface area contributed by atoms with Crippen LogP contribution in [-0.4, -0.2) is 29.1 Å². The Bertz CT molecular complexity index is 961. The van der Waals surface area contributed by atoms with Crippen molar-refractivity contribution in [2.75, 3.05) is 13.2 Å². The molecule has 1 saturated heterocycles. The lowest BCUT2D eigenvalue weighted by Gasteiger charge is -2.36. The van der Waals surface area contributed by atoms with Gasteiger partial charge in [0.05, 0.1) is 19.0 Å². The van der Waals surface area contributed by atoms with Gasteiger partial charge in [0.15, 0.2) is 5.75 Å². The first-order chi connectivity index (χ1) is 14.4. The van der Waals surface area contributed by atoms with E-state index >= 15 is 0 Å². The molecule has 0 saturated carbocycles. The summed E-state index contributed by atoms with van der Waals surface area (Å²) in [5.74, 6) is 0.743. The smallest absolute Gasteiger partial charge is 0.157 e. The van der Waals surface area contributed by atoms with Crippen molar-refractivity contribution in [3.63, 3.8) is 0 Å². The van der Waals surface area contributed by atoms with Crippen molar-refractivity contribution in [2.45, 2.75) is 11.6 Å². The summed E-state index contributed by atoms with van der Waals surface area (Å²) >= 11 is 0. The minimum Gasteiger partial charge on any atom is -0.487 e. The van der Waals surface area contributed by atoms with Crippen molar-refractivity contribution in [1.29, 1.82) is 0 Å². The largest absolute Gasteiger partial charge is 0.487 e. The van der Waals surface area contributed by atoms with Crippen LogP contribution in [0.4, 0.5) is 0 Å². The molecule has 144 valence electrons. The molecular weight excluding hydrogens is 360 g/mol. The van der Waals surface area contributed by atoms with Crippen LogP contribution in [0.1, 0.15) is 16.7 Å². The average Bonchev–Trinajstić information content (AvgIpc) is 3.51. The number of hydrogen-bond acceptors (Lipinski definition) is 3. The molecule has 1 aliphatic heterocycles. The first-order valence-corrected chi connectivity index (χ1v) is 9.83.